The molecule has 2 rings (SSSR count). The summed E-state index contributed by atoms with van der Waals surface area (Å²) in [5.74, 6) is 0.437. The second-order valence-corrected chi connectivity index (χ2v) is 7.35. The lowest BCUT2D eigenvalue weighted by atomic mass is 10.2. The minimum atomic E-state index is -3.03. The van der Waals surface area contributed by atoms with Gasteiger partial charge in [0.1, 0.15) is 5.82 Å². The van der Waals surface area contributed by atoms with Crippen LogP contribution >= 0.6 is 0 Å². The molecule has 1 atom stereocenters. The van der Waals surface area contributed by atoms with Crippen molar-refractivity contribution in [1.82, 2.24) is 15.1 Å². The van der Waals surface area contributed by atoms with Gasteiger partial charge in [0.05, 0.1) is 11.5 Å². The summed E-state index contributed by atoms with van der Waals surface area (Å²) < 4.78 is 23.2. The average molecular weight is 324 g/mol. The van der Waals surface area contributed by atoms with Gasteiger partial charge in [-0.05, 0) is 25.5 Å². The number of carbonyl (C=O) groups is 1. The summed E-state index contributed by atoms with van der Waals surface area (Å²) in [7, 11) is -3.03. The predicted octanol–water partition coefficient (Wildman–Crippen LogP) is 0.724. The van der Waals surface area contributed by atoms with Crippen molar-refractivity contribution in [3.63, 3.8) is 0 Å². The molecule has 0 aliphatic carbocycles. The number of anilines is 1. The molecule has 1 aliphatic rings. The van der Waals surface area contributed by atoms with Crippen molar-refractivity contribution in [2.75, 3.05) is 29.9 Å². The van der Waals surface area contributed by atoms with Crippen LogP contribution in [0, 0.1) is 0 Å². The molecule has 1 fully saturated rings. The molecule has 1 amide bonds. The molecule has 1 N–H and O–H groups in total. The van der Waals surface area contributed by atoms with Crippen LogP contribution in [0.1, 0.15) is 23.8 Å². The molecule has 8 heteroatoms. The lowest BCUT2D eigenvalue weighted by Gasteiger charge is -2.26. The normalized spacial score (nSPS) is 19.6. The van der Waals surface area contributed by atoms with E-state index in [9.17, 15) is 13.2 Å². The van der Waals surface area contributed by atoms with Crippen molar-refractivity contribution < 1.29 is 13.2 Å². The summed E-state index contributed by atoms with van der Waals surface area (Å²) in [6.45, 7) is 6.42. The number of hydrogen-bond donors (Lipinski definition) is 1. The van der Waals surface area contributed by atoms with Gasteiger partial charge in [-0.15, -0.1) is 16.8 Å². The third-order valence-electron chi connectivity index (χ3n) is 3.56. The van der Waals surface area contributed by atoms with E-state index in [4.69, 9.17) is 0 Å². The summed E-state index contributed by atoms with van der Waals surface area (Å²) >= 11 is 0. The second-order valence-electron chi connectivity index (χ2n) is 5.12. The third-order valence-corrected chi connectivity index (χ3v) is 5.31. The van der Waals surface area contributed by atoms with Gasteiger partial charge in [-0.1, -0.05) is 6.08 Å². The van der Waals surface area contributed by atoms with Crippen molar-refractivity contribution in [1.29, 1.82) is 0 Å². The van der Waals surface area contributed by atoms with Gasteiger partial charge in [-0.2, -0.15) is 0 Å². The Hall–Kier alpha value is -1.96. The molecule has 1 aromatic heterocycles. The van der Waals surface area contributed by atoms with Crippen molar-refractivity contribution >= 4 is 21.6 Å². The number of nitrogens with one attached hydrogen (secondary N) is 1. The smallest absolute Gasteiger partial charge is 0.274 e. The predicted molar refractivity (Wildman–Crippen MR) is 84.5 cm³/mol. The molecule has 0 bridgehead atoms. The number of hydrogen-bond acceptors (Lipinski definition) is 6. The molecule has 1 aliphatic heterocycles. The molecule has 1 aromatic rings. The topological polar surface area (TPSA) is 92.3 Å². The maximum Gasteiger partial charge on any atom is 0.274 e. The van der Waals surface area contributed by atoms with Crippen LogP contribution in [0.5, 0.6) is 0 Å². The van der Waals surface area contributed by atoms with Crippen LogP contribution in [0.2, 0.25) is 0 Å². The van der Waals surface area contributed by atoms with E-state index in [-0.39, 0.29) is 29.1 Å². The van der Waals surface area contributed by atoms with E-state index in [1.165, 1.54) is 0 Å². The highest BCUT2D eigenvalue weighted by molar-refractivity contribution is 7.91. The Labute approximate surface area is 130 Å². The zero-order valence-corrected chi connectivity index (χ0v) is 13.3. The van der Waals surface area contributed by atoms with Crippen LogP contribution in [0.3, 0.4) is 0 Å². The highest BCUT2D eigenvalue weighted by Crippen LogP contribution is 2.19. The van der Waals surface area contributed by atoms with Gasteiger partial charge >= 0.3 is 0 Å². The molecule has 22 heavy (non-hydrogen) atoms. The molecular weight excluding hydrogens is 304 g/mol. The van der Waals surface area contributed by atoms with Gasteiger partial charge in [-0.3, -0.25) is 4.79 Å². The highest BCUT2D eigenvalue weighted by atomic mass is 32.2. The van der Waals surface area contributed by atoms with E-state index in [1.807, 2.05) is 6.92 Å². The summed E-state index contributed by atoms with van der Waals surface area (Å²) in [6, 6.07) is 2.98. The van der Waals surface area contributed by atoms with Gasteiger partial charge in [0, 0.05) is 19.1 Å². The van der Waals surface area contributed by atoms with E-state index in [0.29, 0.717) is 25.3 Å². The number of sulfone groups is 1. The van der Waals surface area contributed by atoms with E-state index < -0.39 is 9.84 Å². The highest BCUT2D eigenvalue weighted by Gasteiger charge is 2.34. The summed E-state index contributed by atoms with van der Waals surface area (Å²) in [6.07, 6.45) is 2.18. The van der Waals surface area contributed by atoms with Gasteiger partial charge < -0.3 is 10.2 Å². The minimum Gasteiger partial charge on any atom is -0.365 e. The zero-order chi connectivity index (χ0) is 16.2. The third kappa shape index (κ3) is 3.82. The molecule has 0 aromatic carbocycles. The van der Waals surface area contributed by atoms with Crippen LogP contribution in [-0.4, -0.2) is 60.1 Å². The fourth-order valence-corrected chi connectivity index (χ4v) is 4.18. The Bertz CT molecular complexity index is 643. The Morgan fingerprint density at radius 3 is 2.77 bits per heavy atom. The van der Waals surface area contributed by atoms with Crippen molar-refractivity contribution in [2.45, 2.75) is 19.4 Å². The standard InChI is InChI=1S/C14H20N4O3S/c1-3-8-15-13-6-5-12(16-17-13)14(19)18(4-2)11-7-9-22(20,21)10-11/h3,5-6,11H,1,4,7-10H2,2H3,(H,15,17). The van der Waals surface area contributed by atoms with Crippen molar-refractivity contribution in [2.24, 2.45) is 0 Å². The summed E-state index contributed by atoms with van der Waals surface area (Å²) in [4.78, 5) is 14.1. The molecule has 1 unspecified atom stereocenters. The minimum absolute atomic E-state index is 0.0268. The SMILES string of the molecule is C=CCNc1ccc(C(=O)N(CC)C2CCS(=O)(=O)C2)nn1. The number of rotatable bonds is 6. The van der Waals surface area contributed by atoms with Crippen LogP contribution in [0.4, 0.5) is 5.82 Å². The first-order chi connectivity index (χ1) is 10.5. The molecule has 7 nitrogen and oxygen atoms in total. The first-order valence-corrected chi connectivity index (χ1v) is 8.99. The summed E-state index contributed by atoms with van der Waals surface area (Å²) in [5.41, 5.74) is 0.218. The second kappa shape index (κ2) is 6.87. The number of amides is 1. The number of nitrogens with zero attached hydrogens (tertiary/aromatic N) is 3. The van der Waals surface area contributed by atoms with Crippen molar-refractivity contribution in [3.05, 3.63) is 30.5 Å². The Morgan fingerprint density at radius 1 is 1.50 bits per heavy atom. The Balaban J connectivity index is 2.10. The van der Waals surface area contributed by atoms with Crippen LogP contribution in [0.25, 0.3) is 0 Å². The fourth-order valence-electron chi connectivity index (χ4n) is 2.45. The lowest BCUT2D eigenvalue weighted by molar-refractivity contribution is 0.0701. The Morgan fingerprint density at radius 2 is 2.27 bits per heavy atom. The molecule has 0 spiro atoms. The number of carbonyl (C=O) groups excluding carboxylic acids is 1. The monoisotopic (exact) mass is 324 g/mol. The molecule has 0 radical (unpaired) electrons. The first kappa shape index (κ1) is 16.4. The number of aromatic nitrogens is 2. The van der Waals surface area contributed by atoms with E-state index in [0.717, 1.165) is 0 Å². The molecule has 0 saturated carbocycles. The molecule has 1 saturated heterocycles. The largest absolute Gasteiger partial charge is 0.365 e. The van der Waals surface area contributed by atoms with E-state index in [2.05, 4.69) is 22.1 Å². The van der Waals surface area contributed by atoms with Crippen LogP contribution < -0.4 is 5.32 Å². The lowest BCUT2D eigenvalue weighted by Crippen LogP contribution is -2.41. The van der Waals surface area contributed by atoms with Gasteiger partial charge in [0.25, 0.3) is 5.91 Å². The fraction of sp³-hybridized carbons (Fsp3) is 0.500. The maximum atomic E-state index is 12.5. The van der Waals surface area contributed by atoms with Crippen LogP contribution in [0.15, 0.2) is 24.8 Å². The first-order valence-electron chi connectivity index (χ1n) is 7.16. The van der Waals surface area contributed by atoms with Crippen LogP contribution in [-0.2, 0) is 9.84 Å². The van der Waals surface area contributed by atoms with Gasteiger partial charge in [-0.25, -0.2) is 8.42 Å². The maximum absolute atomic E-state index is 12.5. The summed E-state index contributed by atoms with van der Waals surface area (Å²) in [5, 5.41) is 10.8. The molecule has 2 heterocycles. The molecule has 120 valence electrons. The quantitative estimate of drug-likeness (QED) is 0.775. The molecular formula is C14H20N4O3S. The zero-order valence-electron chi connectivity index (χ0n) is 12.5. The van der Waals surface area contributed by atoms with E-state index in [1.54, 1.807) is 23.1 Å². The Kier molecular flexibility index (Phi) is 5.12. The van der Waals surface area contributed by atoms with Crippen molar-refractivity contribution in [3.8, 4) is 0 Å². The average Bonchev–Trinajstić information content (AvgIpc) is 2.86. The van der Waals surface area contributed by atoms with Gasteiger partial charge in [0.15, 0.2) is 15.5 Å². The van der Waals surface area contributed by atoms with Gasteiger partial charge in [0.2, 0.25) is 0 Å². The van der Waals surface area contributed by atoms with E-state index >= 15 is 0 Å².